The van der Waals surface area contributed by atoms with E-state index in [2.05, 4.69) is 5.32 Å². The maximum Gasteiger partial charge on any atom is 0.131 e. The lowest BCUT2D eigenvalue weighted by Gasteiger charge is -2.21. The molecule has 1 nitrogen and oxygen atoms in total. The lowest BCUT2D eigenvalue weighted by Crippen LogP contribution is -2.20. The highest BCUT2D eigenvalue weighted by molar-refractivity contribution is 6.31. The number of aryl methyl sites for hydroxylation is 1. The second-order valence-electron chi connectivity index (χ2n) is 4.80. The molecule has 0 saturated heterocycles. The third kappa shape index (κ3) is 2.69. The smallest absolute Gasteiger partial charge is 0.131 e. The third-order valence-corrected chi connectivity index (χ3v) is 3.91. The van der Waals surface area contributed by atoms with Gasteiger partial charge in [-0.05, 0) is 49.7 Å². The topological polar surface area (TPSA) is 12.0 Å². The number of halogens is 3. The molecule has 0 spiro atoms. The fraction of sp³-hybridized carbons (Fsp3) is 0.250. The largest absolute Gasteiger partial charge is 0.309 e. The van der Waals surface area contributed by atoms with Crippen LogP contribution in [0.2, 0.25) is 5.02 Å². The zero-order valence-corrected chi connectivity index (χ0v) is 12.4. The van der Waals surface area contributed by atoms with Gasteiger partial charge in [0.05, 0.1) is 6.04 Å². The van der Waals surface area contributed by atoms with Gasteiger partial charge < -0.3 is 5.32 Å². The monoisotopic (exact) mass is 295 g/mol. The van der Waals surface area contributed by atoms with E-state index in [0.29, 0.717) is 16.1 Å². The lowest BCUT2D eigenvalue weighted by molar-refractivity contribution is 0.547. The van der Waals surface area contributed by atoms with Crippen LogP contribution >= 0.6 is 11.6 Å². The van der Waals surface area contributed by atoms with Crippen LogP contribution in [0, 0.1) is 25.5 Å². The van der Waals surface area contributed by atoms with Crippen LogP contribution in [-0.2, 0) is 0 Å². The average Bonchev–Trinajstić information content (AvgIpc) is 2.41. The van der Waals surface area contributed by atoms with E-state index in [1.54, 1.807) is 20.0 Å². The maximum atomic E-state index is 14.1. The Bertz CT molecular complexity index is 641. The van der Waals surface area contributed by atoms with Gasteiger partial charge in [-0.3, -0.25) is 0 Å². The molecule has 20 heavy (non-hydrogen) atoms. The van der Waals surface area contributed by atoms with Crippen molar-refractivity contribution in [2.75, 3.05) is 7.05 Å². The molecule has 2 rings (SSSR count). The van der Waals surface area contributed by atoms with E-state index >= 15 is 0 Å². The van der Waals surface area contributed by atoms with Crippen molar-refractivity contribution in [2.45, 2.75) is 19.9 Å². The number of hydrogen-bond donors (Lipinski definition) is 1. The molecule has 1 N–H and O–H groups in total. The van der Waals surface area contributed by atoms with Gasteiger partial charge in [-0.15, -0.1) is 0 Å². The second-order valence-corrected chi connectivity index (χ2v) is 5.21. The minimum Gasteiger partial charge on any atom is -0.309 e. The van der Waals surface area contributed by atoms with Gasteiger partial charge in [0, 0.05) is 16.7 Å². The normalized spacial score (nSPS) is 12.5. The number of rotatable bonds is 3. The first-order valence-electron chi connectivity index (χ1n) is 6.33. The standard InChI is InChI=1S/C16H16ClF2N/c1-9-7-12(15(19)8-14(9)18)16(20-3)11-5-4-6-13(17)10(11)2/h4-8,16,20H,1-3H3. The SMILES string of the molecule is CNC(c1cc(C)c(F)cc1F)c1cccc(Cl)c1C. The van der Waals surface area contributed by atoms with Crippen LogP contribution in [0.3, 0.4) is 0 Å². The Balaban J connectivity index is 2.58. The molecule has 0 saturated carbocycles. The third-order valence-electron chi connectivity index (χ3n) is 3.50. The van der Waals surface area contributed by atoms with Crippen molar-refractivity contribution in [1.82, 2.24) is 5.32 Å². The van der Waals surface area contributed by atoms with Gasteiger partial charge in [-0.1, -0.05) is 23.7 Å². The zero-order valence-electron chi connectivity index (χ0n) is 11.6. The Kier molecular flexibility index (Phi) is 4.41. The molecule has 106 valence electrons. The summed E-state index contributed by atoms with van der Waals surface area (Å²) in [6.07, 6.45) is 0. The van der Waals surface area contributed by atoms with E-state index in [1.165, 1.54) is 6.07 Å². The summed E-state index contributed by atoms with van der Waals surface area (Å²) in [6.45, 7) is 3.51. The lowest BCUT2D eigenvalue weighted by atomic mass is 9.93. The van der Waals surface area contributed by atoms with Crippen molar-refractivity contribution in [3.63, 3.8) is 0 Å². The van der Waals surface area contributed by atoms with Crippen LogP contribution in [0.5, 0.6) is 0 Å². The fourth-order valence-corrected chi connectivity index (χ4v) is 2.50. The van der Waals surface area contributed by atoms with Gasteiger partial charge in [0.25, 0.3) is 0 Å². The molecule has 4 heteroatoms. The minimum absolute atomic E-state index is 0.368. The van der Waals surface area contributed by atoms with Gasteiger partial charge in [0.2, 0.25) is 0 Å². The Morgan fingerprint density at radius 2 is 1.75 bits per heavy atom. The van der Waals surface area contributed by atoms with Crippen LogP contribution in [0.15, 0.2) is 30.3 Å². The zero-order chi connectivity index (χ0) is 14.9. The summed E-state index contributed by atoms with van der Waals surface area (Å²) in [5.41, 5.74) is 2.60. The molecule has 0 bridgehead atoms. The van der Waals surface area contributed by atoms with E-state index in [4.69, 9.17) is 11.6 Å². The summed E-state index contributed by atoms with van der Waals surface area (Å²) >= 11 is 6.12. The van der Waals surface area contributed by atoms with Crippen LogP contribution < -0.4 is 5.32 Å². The second kappa shape index (κ2) is 5.90. The van der Waals surface area contributed by atoms with Gasteiger partial charge in [0.1, 0.15) is 11.6 Å². The molecule has 0 heterocycles. The molecule has 0 aliphatic carbocycles. The van der Waals surface area contributed by atoms with Crippen molar-refractivity contribution in [3.05, 3.63) is 69.2 Å². The Morgan fingerprint density at radius 3 is 2.40 bits per heavy atom. The predicted octanol–water partition coefficient (Wildman–Crippen LogP) is 4.54. The van der Waals surface area contributed by atoms with Crippen molar-refractivity contribution in [3.8, 4) is 0 Å². The Hall–Kier alpha value is -1.45. The summed E-state index contributed by atoms with van der Waals surface area (Å²) in [6, 6.07) is 7.59. The molecule has 0 aliphatic heterocycles. The van der Waals surface area contributed by atoms with E-state index in [0.717, 1.165) is 17.2 Å². The summed E-state index contributed by atoms with van der Waals surface area (Å²) in [5, 5.41) is 3.70. The molecule has 2 aromatic rings. The summed E-state index contributed by atoms with van der Waals surface area (Å²) in [5.74, 6) is -1.10. The fourth-order valence-electron chi connectivity index (χ4n) is 2.32. The highest BCUT2D eigenvalue weighted by Gasteiger charge is 2.20. The van der Waals surface area contributed by atoms with Crippen LogP contribution in [0.1, 0.15) is 28.3 Å². The van der Waals surface area contributed by atoms with E-state index in [1.807, 2.05) is 19.1 Å². The minimum atomic E-state index is -0.563. The summed E-state index contributed by atoms with van der Waals surface area (Å²) in [7, 11) is 1.74. The van der Waals surface area contributed by atoms with Gasteiger partial charge in [-0.2, -0.15) is 0 Å². The first kappa shape index (κ1) is 14.9. The molecule has 1 unspecified atom stereocenters. The molecule has 0 aromatic heterocycles. The molecule has 0 aliphatic rings. The Morgan fingerprint density at radius 1 is 1.05 bits per heavy atom. The molecule has 1 atom stereocenters. The van der Waals surface area contributed by atoms with Gasteiger partial charge >= 0.3 is 0 Å². The summed E-state index contributed by atoms with van der Waals surface area (Å²) in [4.78, 5) is 0. The van der Waals surface area contributed by atoms with Gasteiger partial charge in [-0.25, -0.2) is 8.78 Å². The highest BCUT2D eigenvalue weighted by atomic mass is 35.5. The molecular formula is C16H16ClF2N. The van der Waals surface area contributed by atoms with E-state index < -0.39 is 11.6 Å². The summed E-state index contributed by atoms with van der Waals surface area (Å²) < 4.78 is 27.5. The molecule has 0 fully saturated rings. The van der Waals surface area contributed by atoms with Gasteiger partial charge in [0.15, 0.2) is 0 Å². The first-order chi connectivity index (χ1) is 9.45. The first-order valence-corrected chi connectivity index (χ1v) is 6.71. The van der Waals surface area contributed by atoms with Crippen molar-refractivity contribution < 1.29 is 8.78 Å². The maximum absolute atomic E-state index is 14.1. The van der Waals surface area contributed by atoms with Crippen LogP contribution in [-0.4, -0.2) is 7.05 Å². The molecular weight excluding hydrogens is 280 g/mol. The number of benzene rings is 2. The van der Waals surface area contributed by atoms with Crippen LogP contribution in [0.4, 0.5) is 8.78 Å². The molecule has 0 amide bonds. The molecule has 0 radical (unpaired) electrons. The molecule has 2 aromatic carbocycles. The van der Waals surface area contributed by atoms with E-state index in [9.17, 15) is 8.78 Å². The number of nitrogens with one attached hydrogen (secondary N) is 1. The Labute approximate surface area is 122 Å². The highest BCUT2D eigenvalue weighted by Crippen LogP contribution is 2.31. The van der Waals surface area contributed by atoms with Crippen LogP contribution in [0.25, 0.3) is 0 Å². The quantitative estimate of drug-likeness (QED) is 0.876. The van der Waals surface area contributed by atoms with Crippen molar-refractivity contribution in [2.24, 2.45) is 0 Å². The number of hydrogen-bond acceptors (Lipinski definition) is 1. The van der Waals surface area contributed by atoms with Crippen molar-refractivity contribution >= 4 is 11.6 Å². The van der Waals surface area contributed by atoms with Crippen molar-refractivity contribution in [1.29, 1.82) is 0 Å². The van der Waals surface area contributed by atoms with E-state index in [-0.39, 0.29) is 6.04 Å². The predicted molar refractivity (Wildman–Crippen MR) is 78.2 cm³/mol. The average molecular weight is 296 g/mol.